The fourth-order valence-electron chi connectivity index (χ4n) is 1.38. The van der Waals surface area contributed by atoms with Gasteiger partial charge in [0.15, 0.2) is 5.69 Å². The van der Waals surface area contributed by atoms with E-state index in [4.69, 9.17) is 9.52 Å². The third-order valence-corrected chi connectivity index (χ3v) is 2.05. The molecule has 0 aromatic carbocycles. The lowest BCUT2D eigenvalue weighted by molar-refractivity contribution is 0.0688. The van der Waals surface area contributed by atoms with Gasteiger partial charge in [-0.1, -0.05) is 0 Å². The summed E-state index contributed by atoms with van der Waals surface area (Å²) in [4.78, 5) is 10.7. The Hall–Kier alpha value is -2.04. The van der Waals surface area contributed by atoms with Crippen LogP contribution in [0.4, 0.5) is 0 Å². The molecule has 0 aliphatic heterocycles. The first-order valence-electron chi connectivity index (χ1n) is 4.46. The fourth-order valence-corrected chi connectivity index (χ4v) is 1.38. The molecule has 2 aromatic rings. The van der Waals surface area contributed by atoms with Gasteiger partial charge in [0.2, 0.25) is 0 Å². The molecule has 5 nitrogen and oxygen atoms in total. The maximum atomic E-state index is 10.7. The van der Waals surface area contributed by atoms with E-state index in [1.165, 1.54) is 0 Å². The Morgan fingerprint density at radius 2 is 2.47 bits per heavy atom. The van der Waals surface area contributed by atoms with Gasteiger partial charge in [-0.2, -0.15) is 5.10 Å². The fraction of sp³-hybridized carbons (Fsp3) is 0.200. The molecule has 0 fully saturated rings. The van der Waals surface area contributed by atoms with Crippen LogP contribution in [0.3, 0.4) is 0 Å². The van der Waals surface area contributed by atoms with Gasteiger partial charge < -0.3 is 9.52 Å². The van der Waals surface area contributed by atoms with Gasteiger partial charge in [-0.25, -0.2) is 4.79 Å². The number of aromatic carboxylic acids is 1. The number of carboxylic acid groups (broad SMARTS) is 1. The molecule has 0 atom stereocenters. The molecule has 2 heterocycles. The molecule has 0 amide bonds. The highest BCUT2D eigenvalue weighted by Gasteiger charge is 2.12. The zero-order valence-electron chi connectivity index (χ0n) is 8.17. The van der Waals surface area contributed by atoms with E-state index < -0.39 is 5.97 Å². The van der Waals surface area contributed by atoms with E-state index in [0.717, 1.165) is 5.76 Å². The van der Waals surface area contributed by atoms with Crippen molar-refractivity contribution in [3.05, 3.63) is 41.6 Å². The first-order valence-corrected chi connectivity index (χ1v) is 4.46. The zero-order valence-corrected chi connectivity index (χ0v) is 8.17. The summed E-state index contributed by atoms with van der Waals surface area (Å²) in [5, 5.41) is 12.7. The van der Waals surface area contributed by atoms with Crippen LogP contribution < -0.4 is 0 Å². The summed E-state index contributed by atoms with van der Waals surface area (Å²) in [5.41, 5.74) is 0.732. The number of rotatable bonds is 3. The molecule has 0 aliphatic rings. The summed E-state index contributed by atoms with van der Waals surface area (Å²) < 4.78 is 6.69. The van der Waals surface area contributed by atoms with E-state index >= 15 is 0 Å². The molecular weight excluding hydrogens is 196 g/mol. The van der Waals surface area contributed by atoms with Crippen LogP contribution in [-0.2, 0) is 6.54 Å². The van der Waals surface area contributed by atoms with Crippen LogP contribution in [0.5, 0.6) is 0 Å². The normalized spacial score (nSPS) is 10.5. The Balaban J connectivity index is 2.23. The van der Waals surface area contributed by atoms with E-state index in [1.807, 2.05) is 6.07 Å². The van der Waals surface area contributed by atoms with Gasteiger partial charge in [-0.15, -0.1) is 0 Å². The first kappa shape index (κ1) is 9.51. The topological polar surface area (TPSA) is 68.3 Å². The van der Waals surface area contributed by atoms with Crippen LogP contribution in [0.2, 0.25) is 0 Å². The maximum Gasteiger partial charge on any atom is 0.356 e. The highest BCUT2D eigenvalue weighted by atomic mass is 16.4. The second-order valence-electron chi connectivity index (χ2n) is 3.24. The predicted molar refractivity (Wildman–Crippen MR) is 51.7 cm³/mol. The minimum atomic E-state index is -1.01. The van der Waals surface area contributed by atoms with Crippen molar-refractivity contribution in [2.45, 2.75) is 13.5 Å². The number of carboxylic acids is 1. The van der Waals surface area contributed by atoms with Crippen LogP contribution >= 0.6 is 0 Å². The SMILES string of the molecule is Cc1cn(Cc2ccco2)nc1C(=O)O. The number of aryl methyl sites for hydroxylation is 1. The van der Waals surface area contributed by atoms with E-state index in [0.29, 0.717) is 12.1 Å². The van der Waals surface area contributed by atoms with Crippen molar-refractivity contribution in [3.63, 3.8) is 0 Å². The molecule has 78 valence electrons. The summed E-state index contributed by atoms with van der Waals surface area (Å²) in [6.07, 6.45) is 3.26. The molecule has 0 aliphatic carbocycles. The molecule has 0 saturated carbocycles. The molecule has 0 radical (unpaired) electrons. The van der Waals surface area contributed by atoms with Crippen molar-refractivity contribution in [1.29, 1.82) is 0 Å². The molecule has 5 heteroatoms. The van der Waals surface area contributed by atoms with Crippen LogP contribution in [0, 0.1) is 6.92 Å². The number of nitrogens with zero attached hydrogens (tertiary/aromatic N) is 2. The van der Waals surface area contributed by atoms with Crippen molar-refractivity contribution in [2.24, 2.45) is 0 Å². The van der Waals surface area contributed by atoms with E-state index in [1.54, 1.807) is 30.1 Å². The highest BCUT2D eigenvalue weighted by molar-refractivity contribution is 5.86. The van der Waals surface area contributed by atoms with Crippen LogP contribution in [0.25, 0.3) is 0 Å². The number of hydrogen-bond acceptors (Lipinski definition) is 3. The van der Waals surface area contributed by atoms with Gasteiger partial charge in [-0.3, -0.25) is 4.68 Å². The van der Waals surface area contributed by atoms with E-state index in [-0.39, 0.29) is 5.69 Å². The smallest absolute Gasteiger partial charge is 0.356 e. The van der Waals surface area contributed by atoms with Gasteiger partial charge in [0, 0.05) is 11.8 Å². The van der Waals surface area contributed by atoms with Crippen molar-refractivity contribution in [2.75, 3.05) is 0 Å². The Bertz CT molecular complexity index is 471. The van der Waals surface area contributed by atoms with Gasteiger partial charge in [0.1, 0.15) is 5.76 Å². The summed E-state index contributed by atoms with van der Waals surface area (Å²) in [6, 6.07) is 3.60. The van der Waals surface area contributed by atoms with Crippen LogP contribution in [0.15, 0.2) is 29.0 Å². The third kappa shape index (κ3) is 1.90. The number of hydrogen-bond donors (Lipinski definition) is 1. The molecule has 0 saturated heterocycles. The monoisotopic (exact) mass is 206 g/mol. The number of aromatic nitrogens is 2. The first-order chi connectivity index (χ1) is 7.16. The van der Waals surface area contributed by atoms with E-state index in [2.05, 4.69) is 5.10 Å². The summed E-state index contributed by atoms with van der Waals surface area (Å²) in [7, 11) is 0. The van der Waals surface area contributed by atoms with Crippen molar-refractivity contribution < 1.29 is 14.3 Å². The van der Waals surface area contributed by atoms with Gasteiger partial charge >= 0.3 is 5.97 Å². The minimum Gasteiger partial charge on any atom is -0.476 e. The molecule has 15 heavy (non-hydrogen) atoms. The maximum absolute atomic E-state index is 10.7. The van der Waals surface area contributed by atoms with Crippen molar-refractivity contribution in [3.8, 4) is 0 Å². The quantitative estimate of drug-likeness (QED) is 0.826. The average molecular weight is 206 g/mol. The van der Waals surface area contributed by atoms with E-state index in [9.17, 15) is 4.79 Å². The molecule has 1 N–H and O–H groups in total. The minimum absolute atomic E-state index is 0.0848. The predicted octanol–water partition coefficient (Wildman–Crippen LogP) is 1.53. The largest absolute Gasteiger partial charge is 0.476 e. The standard InChI is InChI=1S/C10H10N2O3/c1-7-5-12(11-9(7)10(13)14)6-8-3-2-4-15-8/h2-5H,6H2,1H3,(H,13,14). The molecular formula is C10H10N2O3. The van der Waals surface area contributed by atoms with Crippen molar-refractivity contribution >= 4 is 5.97 Å². The second kappa shape index (κ2) is 3.61. The summed E-state index contributed by atoms with van der Waals surface area (Å²) in [6.45, 7) is 2.16. The van der Waals surface area contributed by atoms with Gasteiger partial charge in [0.05, 0.1) is 12.8 Å². The Morgan fingerprint density at radius 1 is 1.67 bits per heavy atom. The Kier molecular flexibility index (Phi) is 2.29. The molecule has 2 aromatic heterocycles. The number of furan rings is 1. The lowest BCUT2D eigenvalue weighted by atomic mass is 10.3. The number of carbonyl (C=O) groups is 1. The van der Waals surface area contributed by atoms with Crippen LogP contribution in [-0.4, -0.2) is 20.9 Å². The summed E-state index contributed by atoms with van der Waals surface area (Å²) >= 11 is 0. The third-order valence-electron chi connectivity index (χ3n) is 2.05. The molecule has 0 unspecified atom stereocenters. The van der Waals surface area contributed by atoms with Gasteiger partial charge in [-0.05, 0) is 19.1 Å². The molecule has 0 spiro atoms. The molecule has 0 bridgehead atoms. The second-order valence-corrected chi connectivity index (χ2v) is 3.24. The average Bonchev–Trinajstić information content (AvgIpc) is 2.75. The van der Waals surface area contributed by atoms with Crippen LogP contribution in [0.1, 0.15) is 21.8 Å². The molecule has 2 rings (SSSR count). The zero-order chi connectivity index (χ0) is 10.8. The lowest BCUT2D eigenvalue weighted by Crippen LogP contribution is -2.03. The lowest BCUT2D eigenvalue weighted by Gasteiger charge is -1.95. The highest BCUT2D eigenvalue weighted by Crippen LogP contribution is 2.08. The van der Waals surface area contributed by atoms with Crippen molar-refractivity contribution in [1.82, 2.24) is 9.78 Å². The Labute approximate surface area is 85.9 Å². The summed E-state index contributed by atoms with van der Waals surface area (Å²) in [5.74, 6) is -0.264. The Morgan fingerprint density at radius 3 is 3.00 bits per heavy atom. The van der Waals surface area contributed by atoms with Gasteiger partial charge in [0.25, 0.3) is 0 Å².